The summed E-state index contributed by atoms with van der Waals surface area (Å²) >= 11 is 0. The van der Waals surface area contributed by atoms with Gasteiger partial charge in [-0.25, -0.2) is 0 Å². The van der Waals surface area contributed by atoms with E-state index in [1.54, 1.807) is 0 Å². The molecular formula is C16H23NO2. The monoisotopic (exact) mass is 261 g/mol. The second-order valence-electron chi connectivity index (χ2n) is 5.78. The van der Waals surface area contributed by atoms with Crippen molar-refractivity contribution < 1.29 is 9.53 Å². The molecule has 0 bridgehead atoms. The molecule has 0 atom stereocenters. The summed E-state index contributed by atoms with van der Waals surface area (Å²) in [6, 6.07) is 8.27. The standard InChI is InChI=1S/C16H23NO2/c1-12(2)10-17(14-7-8-14)16(18)11-19-15-6-4-5-13(3)9-15/h4-6,9,12,14H,7-8,10-11H2,1-3H3. The van der Waals surface area contributed by atoms with Gasteiger partial charge in [0.1, 0.15) is 5.75 Å². The fraction of sp³-hybridized carbons (Fsp3) is 0.562. The summed E-state index contributed by atoms with van der Waals surface area (Å²) in [4.78, 5) is 14.2. The molecule has 0 aliphatic heterocycles. The maximum atomic E-state index is 12.2. The molecule has 104 valence electrons. The van der Waals surface area contributed by atoms with Crippen molar-refractivity contribution in [3.05, 3.63) is 29.8 Å². The third-order valence-electron chi connectivity index (χ3n) is 3.22. The molecule has 0 unspecified atom stereocenters. The maximum absolute atomic E-state index is 12.2. The summed E-state index contributed by atoms with van der Waals surface area (Å²) < 4.78 is 5.60. The highest BCUT2D eigenvalue weighted by Gasteiger charge is 2.32. The first-order valence-electron chi connectivity index (χ1n) is 7.05. The quantitative estimate of drug-likeness (QED) is 0.787. The molecule has 3 heteroatoms. The Bertz CT molecular complexity index is 438. The molecule has 2 rings (SSSR count). The molecule has 3 nitrogen and oxygen atoms in total. The van der Waals surface area contributed by atoms with E-state index in [0.29, 0.717) is 12.0 Å². The van der Waals surface area contributed by atoms with E-state index in [0.717, 1.165) is 30.7 Å². The molecule has 1 aliphatic carbocycles. The summed E-state index contributed by atoms with van der Waals surface area (Å²) in [6.45, 7) is 7.28. The molecule has 1 aliphatic rings. The van der Waals surface area contributed by atoms with Crippen LogP contribution in [0.2, 0.25) is 0 Å². The molecule has 0 radical (unpaired) electrons. The molecule has 1 fully saturated rings. The van der Waals surface area contributed by atoms with Crippen LogP contribution in [0.5, 0.6) is 5.75 Å². The fourth-order valence-electron chi connectivity index (χ4n) is 2.17. The summed E-state index contributed by atoms with van der Waals surface area (Å²) in [5.74, 6) is 1.38. The lowest BCUT2D eigenvalue weighted by molar-refractivity contribution is -0.134. The number of amides is 1. The average molecular weight is 261 g/mol. The van der Waals surface area contributed by atoms with Crippen molar-refractivity contribution in [3.8, 4) is 5.75 Å². The highest BCUT2D eigenvalue weighted by atomic mass is 16.5. The molecule has 0 saturated heterocycles. The zero-order valence-corrected chi connectivity index (χ0v) is 12.1. The van der Waals surface area contributed by atoms with E-state index >= 15 is 0 Å². The molecular weight excluding hydrogens is 238 g/mol. The van der Waals surface area contributed by atoms with Crippen LogP contribution in [0.3, 0.4) is 0 Å². The zero-order chi connectivity index (χ0) is 13.8. The average Bonchev–Trinajstić information content (AvgIpc) is 3.17. The number of nitrogens with zero attached hydrogens (tertiary/aromatic N) is 1. The SMILES string of the molecule is Cc1cccc(OCC(=O)N(CC(C)C)C2CC2)c1. The van der Waals surface area contributed by atoms with Crippen LogP contribution in [-0.2, 0) is 4.79 Å². The van der Waals surface area contributed by atoms with Gasteiger partial charge in [0.25, 0.3) is 5.91 Å². The highest BCUT2D eigenvalue weighted by Crippen LogP contribution is 2.27. The summed E-state index contributed by atoms with van der Waals surface area (Å²) in [7, 11) is 0. The summed E-state index contributed by atoms with van der Waals surface area (Å²) in [5, 5.41) is 0. The number of carbonyl (C=O) groups is 1. The summed E-state index contributed by atoms with van der Waals surface area (Å²) in [5.41, 5.74) is 1.14. The third kappa shape index (κ3) is 4.27. The Morgan fingerprint density at radius 2 is 2.16 bits per heavy atom. The van der Waals surface area contributed by atoms with Gasteiger partial charge in [0.2, 0.25) is 0 Å². The minimum Gasteiger partial charge on any atom is -0.484 e. The Hall–Kier alpha value is -1.51. The van der Waals surface area contributed by atoms with Crippen LogP contribution in [0.15, 0.2) is 24.3 Å². The van der Waals surface area contributed by atoms with Gasteiger partial charge in [0.15, 0.2) is 6.61 Å². The lowest BCUT2D eigenvalue weighted by Gasteiger charge is -2.24. The molecule has 1 aromatic carbocycles. The third-order valence-corrected chi connectivity index (χ3v) is 3.22. The van der Waals surface area contributed by atoms with Crippen molar-refractivity contribution in [1.29, 1.82) is 0 Å². The number of hydrogen-bond acceptors (Lipinski definition) is 2. The normalized spacial score (nSPS) is 14.5. The Kier molecular flexibility index (Phi) is 4.46. The van der Waals surface area contributed by atoms with Crippen molar-refractivity contribution in [2.45, 2.75) is 39.7 Å². The van der Waals surface area contributed by atoms with E-state index in [4.69, 9.17) is 4.74 Å². The fourth-order valence-corrected chi connectivity index (χ4v) is 2.17. The summed E-state index contributed by atoms with van der Waals surface area (Å²) in [6.07, 6.45) is 2.28. The molecule has 1 amide bonds. The van der Waals surface area contributed by atoms with Crippen LogP contribution < -0.4 is 4.74 Å². The van der Waals surface area contributed by atoms with Crippen molar-refractivity contribution in [1.82, 2.24) is 4.90 Å². The lowest BCUT2D eigenvalue weighted by atomic mass is 10.2. The van der Waals surface area contributed by atoms with E-state index in [9.17, 15) is 4.79 Å². The predicted molar refractivity (Wildman–Crippen MR) is 76.2 cm³/mol. The van der Waals surface area contributed by atoms with Gasteiger partial charge in [-0.15, -0.1) is 0 Å². The van der Waals surface area contributed by atoms with Gasteiger partial charge in [-0.2, -0.15) is 0 Å². The van der Waals surface area contributed by atoms with Gasteiger partial charge in [-0.05, 0) is 43.4 Å². The van der Waals surface area contributed by atoms with E-state index in [-0.39, 0.29) is 12.5 Å². The van der Waals surface area contributed by atoms with Crippen LogP contribution >= 0.6 is 0 Å². The van der Waals surface area contributed by atoms with Crippen molar-refractivity contribution >= 4 is 5.91 Å². The number of rotatable bonds is 6. The Balaban J connectivity index is 1.88. The van der Waals surface area contributed by atoms with Gasteiger partial charge < -0.3 is 9.64 Å². The molecule has 1 aromatic rings. The van der Waals surface area contributed by atoms with E-state index in [2.05, 4.69) is 13.8 Å². The Labute approximate surface area is 115 Å². The molecule has 0 heterocycles. The topological polar surface area (TPSA) is 29.5 Å². The van der Waals surface area contributed by atoms with Crippen molar-refractivity contribution in [3.63, 3.8) is 0 Å². The number of carbonyl (C=O) groups excluding carboxylic acids is 1. The molecule has 0 N–H and O–H groups in total. The number of aryl methyl sites for hydroxylation is 1. The van der Waals surface area contributed by atoms with Gasteiger partial charge in [-0.3, -0.25) is 4.79 Å². The van der Waals surface area contributed by atoms with Crippen LogP contribution in [0.1, 0.15) is 32.3 Å². The van der Waals surface area contributed by atoms with Gasteiger partial charge >= 0.3 is 0 Å². The maximum Gasteiger partial charge on any atom is 0.260 e. The lowest BCUT2D eigenvalue weighted by Crippen LogP contribution is -2.39. The molecule has 0 aromatic heterocycles. The predicted octanol–water partition coefficient (Wildman–Crippen LogP) is 3.02. The van der Waals surface area contributed by atoms with Gasteiger partial charge in [0.05, 0.1) is 0 Å². The van der Waals surface area contributed by atoms with Gasteiger partial charge in [-0.1, -0.05) is 26.0 Å². The molecule has 19 heavy (non-hydrogen) atoms. The van der Waals surface area contributed by atoms with Crippen LogP contribution in [-0.4, -0.2) is 30.0 Å². The van der Waals surface area contributed by atoms with Gasteiger partial charge in [0, 0.05) is 12.6 Å². The van der Waals surface area contributed by atoms with E-state index in [1.165, 1.54) is 0 Å². The van der Waals surface area contributed by atoms with Crippen molar-refractivity contribution in [2.24, 2.45) is 5.92 Å². The Morgan fingerprint density at radius 3 is 2.74 bits per heavy atom. The highest BCUT2D eigenvalue weighted by molar-refractivity contribution is 5.78. The first-order chi connectivity index (χ1) is 9.06. The van der Waals surface area contributed by atoms with Crippen LogP contribution in [0.4, 0.5) is 0 Å². The first kappa shape index (κ1) is 13.9. The van der Waals surface area contributed by atoms with E-state index < -0.39 is 0 Å². The first-order valence-corrected chi connectivity index (χ1v) is 7.05. The minimum absolute atomic E-state index is 0.109. The largest absolute Gasteiger partial charge is 0.484 e. The number of hydrogen-bond donors (Lipinski definition) is 0. The number of benzene rings is 1. The van der Waals surface area contributed by atoms with E-state index in [1.807, 2.05) is 36.1 Å². The Morgan fingerprint density at radius 1 is 1.42 bits per heavy atom. The van der Waals surface area contributed by atoms with Crippen LogP contribution in [0, 0.1) is 12.8 Å². The van der Waals surface area contributed by atoms with Crippen LogP contribution in [0.25, 0.3) is 0 Å². The minimum atomic E-state index is 0.109. The second kappa shape index (κ2) is 6.09. The number of ether oxygens (including phenoxy) is 1. The van der Waals surface area contributed by atoms with Crippen molar-refractivity contribution in [2.75, 3.05) is 13.2 Å². The molecule has 1 saturated carbocycles. The zero-order valence-electron chi connectivity index (χ0n) is 12.1. The molecule has 0 spiro atoms. The smallest absolute Gasteiger partial charge is 0.260 e. The second-order valence-corrected chi connectivity index (χ2v) is 5.78.